The molecule has 2 aromatic heterocycles. The minimum absolute atomic E-state index is 0.0293. The van der Waals surface area contributed by atoms with Crippen molar-refractivity contribution in [2.24, 2.45) is 0 Å². The van der Waals surface area contributed by atoms with Gasteiger partial charge in [0.05, 0.1) is 29.8 Å². The predicted molar refractivity (Wildman–Crippen MR) is 63.3 cm³/mol. The van der Waals surface area contributed by atoms with Crippen LogP contribution in [-0.2, 0) is 12.7 Å². The van der Waals surface area contributed by atoms with Gasteiger partial charge in [-0.3, -0.25) is 9.48 Å². The number of rotatable bonds is 3. The highest BCUT2D eigenvalue weighted by Crippen LogP contribution is 2.33. The summed E-state index contributed by atoms with van der Waals surface area (Å²) in [5.74, 6) is -1.27. The van der Waals surface area contributed by atoms with E-state index >= 15 is 0 Å². The molecular formula is C11H7F6N5O. The van der Waals surface area contributed by atoms with E-state index in [1.165, 1.54) is 12.3 Å². The maximum atomic E-state index is 13.0. The Morgan fingerprint density at radius 1 is 1.13 bits per heavy atom. The van der Waals surface area contributed by atoms with Crippen molar-refractivity contribution in [3.63, 3.8) is 0 Å². The summed E-state index contributed by atoms with van der Waals surface area (Å²) >= 11 is 0. The fraction of sp³-hybridized carbons (Fsp3) is 0.273. The lowest BCUT2D eigenvalue weighted by molar-refractivity contribution is -0.161. The fourth-order valence-electron chi connectivity index (χ4n) is 1.70. The van der Waals surface area contributed by atoms with Gasteiger partial charge in [0, 0.05) is 0 Å². The lowest BCUT2D eigenvalue weighted by atomic mass is 10.2. The van der Waals surface area contributed by atoms with Gasteiger partial charge >= 0.3 is 12.4 Å². The second kappa shape index (κ2) is 5.85. The van der Waals surface area contributed by atoms with Crippen molar-refractivity contribution >= 4 is 11.6 Å². The van der Waals surface area contributed by atoms with Crippen LogP contribution in [-0.4, -0.2) is 32.1 Å². The first-order chi connectivity index (χ1) is 10.6. The Hall–Kier alpha value is -2.66. The molecule has 0 saturated carbocycles. The maximum Gasteiger partial charge on any atom is 0.433 e. The average Bonchev–Trinajstić information content (AvgIpc) is 2.81. The molecule has 0 fully saturated rings. The first-order valence-electron chi connectivity index (χ1n) is 5.86. The highest BCUT2D eigenvalue weighted by Gasteiger charge is 2.42. The number of alkyl halides is 6. The van der Waals surface area contributed by atoms with Crippen LogP contribution in [0.3, 0.4) is 0 Å². The topological polar surface area (TPSA) is 72.7 Å². The molecule has 1 amide bonds. The summed E-state index contributed by atoms with van der Waals surface area (Å²) in [6, 6.07) is 1.25. The van der Waals surface area contributed by atoms with Crippen molar-refractivity contribution in [1.29, 1.82) is 0 Å². The van der Waals surface area contributed by atoms with E-state index < -0.39 is 36.1 Å². The molecule has 0 saturated heterocycles. The zero-order valence-corrected chi connectivity index (χ0v) is 11.0. The monoisotopic (exact) mass is 339 g/mol. The first kappa shape index (κ1) is 16.7. The van der Waals surface area contributed by atoms with E-state index in [4.69, 9.17) is 0 Å². The van der Waals surface area contributed by atoms with Crippen molar-refractivity contribution < 1.29 is 31.1 Å². The van der Waals surface area contributed by atoms with E-state index in [0.29, 0.717) is 6.20 Å². The molecule has 23 heavy (non-hydrogen) atoms. The van der Waals surface area contributed by atoms with Crippen molar-refractivity contribution in [1.82, 2.24) is 20.0 Å². The Kier molecular flexibility index (Phi) is 4.25. The minimum atomic E-state index is -5.19. The third-order valence-corrected chi connectivity index (χ3v) is 2.52. The van der Waals surface area contributed by atoms with Gasteiger partial charge in [0.2, 0.25) is 0 Å². The van der Waals surface area contributed by atoms with Crippen LogP contribution in [0, 0.1) is 0 Å². The molecule has 0 aliphatic carbocycles. The third-order valence-electron chi connectivity index (χ3n) is 2.52. The second-order valence-electron chi connectivity index (χ2n) is 4.26. The minimum Gasteiger partial charge on any atom is -0.320 e. The van der Waals surface area contributed by atoms with Crippen LogP contribution in [0.25, 0.3) is 0 Å². The zero-order valence-electron chi connectivity index (χ0n) is 11.0. The van der Waals surface area contributed by atoms with Crippen molar-refractivity contribution in [2.75, 3.05) is 5.32 Å². The smallest absolute Gasteiger partial charge is 0.320 e. The van der Waals surface area contributed by atoms with Gasteiger partial charge in [-0.2, -0.15) is 41.6 Å². The predicted octanol–water partition coefficient (Wildman–Crippen LogP) is 2.51. The number of nitrogens with zero attached hydrogens (tertiary/aromatic N) is 4. The number of hydrogen-bond donors (Lipinski definition) is 1. The van der Waals surface area contributed by atoms with Crippen LogP contribution >= 0.6 is 0 Å². The molecule has 0 unspecified atom stereocenters. The number of halogens is 6. The van der Waals surface area contributed by atoms with Crippen LogP contribution in [0.4, 0.5) is 32.0 Å². The number of nitrogens with one attached hydrogen (secondary N) is 1. The molecule has 2 heterocycles. The van der Waals surface area contributed by atoms with Crippen LogP contribution in [0.1, 0.15) is 16.1 Å². The highest BCUT2D eigenvalue weighted by molar-refractivity contribution is 6.04. The van der Waals surface area contributed by atoms with Gasteiger partial charge in [0.1, 0.15) is 6.54 Å². The summed E-state index contributed by atoms with van der Waals surface area (Å²) < 4.78 is 75.6. The summed E-state index contributed by atoms with van der Waals surface area (Å²) in [4.78, 5) is 11.9. The normalized spacial score (nSPS) is 12.3. The van der Waals surface area contributed by atoms with Crippen molar-refractivity contribution in [2.45, 2.75) is 18.9 Å². The fourth-order valence-corrected chi connectivity index (χ4v) is 1.70. The molecule has 0 aromatic carbocycles. The van der Waals surface area contributed by atoms with Gasteiger partial charge in [-0.15, -0.1) is 0 Å². The first-order valence-corrected chi connectivity index (χ1v) is 5.86. The molecule has 6 nitrogen and oxygen atoms in total. The molecule has 1 N–H and O–H groups in total. The van der Waals surface area contributed by atoms with E-state index in [-0.39, 0.29) is 10.4 Å². The molecule has 0 spiro atoms. The molecule has 0 atom stereocenters. The quantitative estimate of drug-likeness (QED) is 0.872. The maximum absolute atomic E-state index is 13.0. The van der Waals surface area contributed by atoms with Crippen LogP contribution in [0.5, 0.6) is 0 Å². The molecule has 0 radical (unpaired) electrons. The Morgan fingerprint density at radius 3 is 2.35 bits per heavy atom. The molecular weight excluding hydrogens is 332 g/mol. The summed E-state index contributed by atoms with van der Waals surface area (Å²) in [5.41, 5.74) is -2.78. The van der Waals surface area contributed by atoms with Gasteiger partial charge in [-0.05, 0) is 6.07 Å². The van der Waals surface area contributed by atoms with Crippen LogP contribution in [0.15, 0.2) is 24.7 Å². The number of aromatic nitrogens is 4. The Morgan fingerprint density at radius 2 is 1.83 bits per heavy atom. The molecule has 0 bridgehead atoms. The number of anilines is 1. The van der Waals surface area contributed by atoms with E-state index in [1.54, 1.807) is 0 Å². The summed E-state index contributed by atoms with van der Waals surface area (Å²) in [6.45, 7) is -1.97. The van der Waals surface area contributed by atoms with Gasteiger partial charge in [-0.25, -0.2) is 0 Å². The van der Waals surface area contributed by atoms with Crippen LogP contribution in [0.2, 0.25) is 0 Å². The lowest BCUT2D eigenvalue weighted by Crippen LogP contribution is -2.26. The van der Waals surface area contributed by atoms with Gasteiger partial charge < -0.3 is 5.32 Å². The summed E-state index contributed by atoms with van der Waals surface area (Å²) in [7, 11) is 0. The molecule has 12 heteroatoms. The zero-order chi connectivity index (χ0) is 17.3. The van der Waals surface area contributed by atoms with Crippen LogP contribution < -0.4 is 5.32 Å². The number of amides is 1. The average molecular weight is 339 g/mol. The van der Waals surface area contributed by atoms with Crippen molar-refractivity contribution in [3.8, 4) is 0 Å². The second-order valence-corrected chi connectivity index (χ2v) is 4.26. The number of carbonyl (C=O) groups is 1. The molecule has 0 aliphatic rings. The molecule has 0 aliphatic heterocycles. The Labute approximate surface area is 124 Å². The molecule has 124 valence electrons. The molecule has 2 rings (SSSR count). The Balaban J connectivity index is 2.37. The number of hydrogen-bond acceptors (Lipinski definition) is 4. The summed E-state index contributed by atoms with van der Waals surface area (Å²) in [6.07, 6.45) is -7.45. The molecule has 2 aromatic rings. The lowest BCUT2D eigenvalue weighted by Gasteiger charge is -2.14. The van der Waals surface area contributed by atoms with Gasteiger partial charge in [0.15, 0.2) is 5.69 Å². The SMILES string of the molecule is O=C(Nc1ccnnc1)c1cnn(CC(F)(F)F)c1C(F)(F)F. The standard InChI is InChI=1S/C11H7F6N5O/c12-10(13,14)5-22-8(11(15,16)17)7(4-20-22)9(23)21-6-1-2-18-19-3-6/h1-4H,5H2,(H,18,21,23). The largest absolute Gasteiger partial charge is 0.433 e. The highest BCUT2D eigenvalue weighted by atomic mass is 19.4. The van der Waals surface area contributed by atoms with E-state index in [9.17, 15) is 31.1 Å². The number of carbonyl (C=O) groups excluding carboxylic acids is 1. The van der Waals surface area contributed by atoms with E-state index in [1.807, 2.05) is 0 Å². The Bertz CT molecular complexity index is 693. The van der Waals surface area contributed by atoms with E-state index in [0.717, 1.165) is 6.20 Å². The third kappa shape index (κ3) is 4.17. The van der Waals surface area contributed by atoms with E-state index in [2.05, 4.69) is 20.6 Å². The van der Waals surface area contributed by atoms with Gasteiger partial charge in [0.25, 0.3) is 5.91 Å². The van der Waals surface area contributed by atoms with Gasteiger partial charge in [-0.1, -0.05) is 0 Å². The summed E-state index contributed by atoms with van der Waals surface area (Å²) in [5, 5.41) is 11.9. The van der Waals surface area contributed by atoms with Crippen molar-refractivity contribution in [3.05, 3.63) is 35.9 Å².